The summed E-state index contributed by atoms with van der Waals surface area (Å²) in [5, 5.41) is 59.1. The third-order valence-electron chi connectivity index (χ3n) is 7.21. The molecular weight excluding hydrogens is 808 g/mol. The molecule has 0 heterocycles. The summed E-state index contributed by atoms with van der Waals surface area (Å²) in [6.07, 6.45) is 0. The fraction of sp³-hybridized carbons (Fsp3) is 0. The van der Waals surface area contributed by atoms with Crippen molar-refractivity contribution in [1.82, 2.24) is 0 Å². The average molecular weight is 830 g/mol. The summed E-state index contributed by atoms with van der Waals surface area (Å²) >= 11 is 0. The van der Waals surface area contributed by atoms with Crippen molar-refractivity contribution in [3.05, 3.63) is 120 Å². The number of azo groups is 2. The SMILES string of the molecule is O=C(O)c1ccc(N=Nc2c(O)ccc3cc(S(=O)(=O)O)ccc23)cc1.O=C([O-])c1ccc(N=Nc2c([O-])ccc3cc(S(=O)(=O)O)ccc23)cc1.[Sr+2]. The zero-order chi connectivity index (χ0) is 37.8. The molecule has 6 aromatic carbocycles. The van der Waals surface area contributed by atoms with Gasteiger partial charge in [0.2, 0.25) is 0 Å². The van der Waals surface area contributed by atoms with E-state index < -0.39 is 37.9 Å². The first kappa shape index (κ1) is 40.6. The Bertz CT molecular complexity index is 2470. The fourth-order valence-corrected chi connectivity index (χ4v) is 5.66. The summed E-state index contributed by atoms with van der Waals surface area (Å²) in [6.45, 7) is 0. The number of carbonyl (C=O) groups is 2. The minimum atomic E-state index is -4.37. The summed E-state index contributed by atoms with van der Waals surface area (Å²) in [5.74, 6) is -2.97. The van der Waals surface area contributed by atoms with Gasteiger partial charge in [-0.1, -0.05) is 48.2 Å². The molecule has 19 heteroatoms. The number of benzene rings is 6. The normalized spacial score (nSPS) is 11.7. The number of hydrogen-bond acceptors (Lipinski definition) is 13. The minimum Gasteiger partial charge on any atom is -0.871 e. The number of hydrogen-bond donors (Lipinski definition) is 4. The molecule has 0 saturated carbocycles. The van der Waals surface area contributed by atoms with Crippen molar-refractivity contribution in [3.8, 4) is 11.5 Å². The number of aromatic carboxylic acids is 2. The largest absolute Gasteiger partial charge is 2.00 e. The second-order valence-corrected chi connectivity index (χ2v) is 13.5. The van der Waals surface area contributed by atoms with E-state index in [0.717, 1.165) is 6.07 Å². The number of carboxylic acid groups (broad SMARTS) is 2. The van der Waals surface area contributed by atoms with E-state index in [1.807, 2.05) is 0 Å². The molecule has 0 spiro atoms. The zero-order valence-electron chi connectivity index (χ0n) is 26.8. The van der Waals surface area contributed by atoms with Crippen LogP contribution in [0.3, 0.4) is 0 Å². The molecule has 0 radical (unpaired) electrons. The van der Waals surface area contributed by atoms with E-state index in [-0.39, 0.29) is 83.5 Å². The zero-order valence-corrected chi connectivity index (χ0v) is 31.9. The van der Waals surface area contributed by atoms with Crippen LogP contribution in [0.4, 0.5) is 22.7 Å². The van der Waals surface area contributed by atoms with Crippen molar-refractivity contribution in [1.29, 1.82) is 0 Å². The van der Waals surface area contributed by atoms with Crippen LogP contribution in [0.2, 0.25) is 0 Å². The van der Waals surface area contributed by atoms with Gasteiger partial charge in [0.15, 0.2) is 0 Å². The van der Waals surface area contributed by atoms with Crippen molar-refractivity contribution in [3.63, 3.8) is 0 Å². The van der Waals surface area contributed by atoms with E-state index >= 15 is 0 Å². The van der Waals surface area contributed by atoms with Crippen molar-refractivity contribution >= 4 is 122 Å². The predicted octanol–water partition coefficient (Wildman–Crippen LogP) is 5.46. The van der Waals surface area contributed by atoms with Crippen LogP contribution in [0.1, 0.15) is 20.7 Å². The topological polar surface area (TPSA) is 279 Å². The predicted molar refractivity (Wildman–Crippen MR) is 187 cm³/mol. The third kappa shape index (κ3) is 10.1. The monoisotopic (exact) mass is 830 g/mol. The van der Waals surface area contributed by atoms with Crippen LogP contribution >= 0.6 is 0 Å². The van der Waals surface area contributed by atoms with Gasteiger partial charge in [-0.05, 0) is 83.1 Å². The van der Waals surface area contributed by atoms with E-state index in [1.54, 1.807) is 0 Å². The van der Waals surface area contributed by atoms with Gasteiger partial charge >= 0.3 is 51.5 Å². The maximum atomic E-state index is 12.1. The number of rotatable bonds is 8. The number of fused-ring (bicyclic) bond motifs is 2. The molecule has 53 heavy (non-hydrogen) atoms. The maximum absolute atomic E-state index is 12.1. The summed E-state index contributed by atoms with van der Waals surface area (Å²) < 4.78 is 63.1. The third-order valence-corrected chi connectivity index (χ3v) is 8.91. The minimum absolute atomic E-state index is 0. The molecule has 0 bridgehead atoms. The number of carboxylic acids is 2. The van der Waals surface area contributed by atoms with Crippen LogP contribution in [0.5, 0.6) is 11.5 Å². The van der Waals surface area contributed by atoms with Gasteiger partial charge < -0.3 is 25.2 Å². The maximum Gasteiger partial charge on any atom is 2.00 e. The second kappa shape index (κ2) is 16.7. The first-order valence-electron chi connectivity index (χ1n) is 14.4. The van der Waals surface area contributed by atoms with Gasteiger partial charge in [0.05, 0.1) is 38.4 Å². The molecule has 0 aliphatic heterocycles. The molecule has 16 nitrogen and oxygen atoms in total. The van der Waals surface area contributed by atoms with E-state index in [0.29, 0.717) is 32.9 Å². The molecule has 264 valence electrons. The number of carbonyl (C=O) groups excluding carboxylic acids is 1. The molecule has 0 aliphatic carbocycles. The van der Waals surface area contributed by atoms with Gasteiger partial charge in [-0.25, -0.2) is 4.79 Å². The summed E-state index contributed by atoms with van der Waals surface area (Å²) in [7, 11) is -8.72. The molecule has 4 N–H and O–H groups in total. The van der Waals surface area contributed by atoms with Gasteiger partial charge in [0.1, 0.15) is 11.4 Å². The Morgan fingerprint density at radius 3 is 1.45 bits per heavy atom. The summed E-state index contributed by atoms with van der Waals surface area (Å²) in [6, 6.07) is 24.1. The smallest absolute Gasteiger partial charge is 0.871 e. The van der Waals surface area contributed by atoms with E-state index in [2.05, 4.69) is 20.5 Å². The quantitative estimate of drug-likeness (QED) is 0.0845. The van der Waals surface area contributed by atoms with E-state index in [4.69, 9.17) is 14.2 Å². The Morgan fingerprint density at radius 2 is 1.00 bits per heavy atom. The molecule has 0 aromatic heterocycles. The number of nitrogens with zero attached hydrogens (tertiary/aromatic N) is 4. The van der Waals surface area contributed by atoms with Crippen molar-refractivity contribution in [2.75, 3.05) is 0 Å². The molecular formula is C34H22N4O12S2Sr. The Morgan fingerprint density at radius 1 is 0.566 bits per heavy atom. The van der Waals surface area contributed by atoms with Gasteiger partial charge in [-0.3, -0.25) is 9.11 Å². The van der Waals surface area contributed by atoms with Gasteiger partial charge in [-0.15, -0.1) is 5.11 Å². The van der Waals surface area contributed by atoms with Crippen LogP contribution < -0.4 is 10.2 Å². The fourth-order valence-electron chi connectivity index (χ4n) is 4.63. The molecule has 0 fully saturated rings. The molecule has 0 atom stereocenters. The second-order valence-electron chi connectivity index (χ2n) is 10.6. The number of phenols is 1. The average Bonchev–Trinajstić information content (AvgIpc) is 3.10. The standard InChI is InChI=1S/2C17H12N2O6S.Sr/c2*20-15-8-3-11-9-13(26(23,24)25)6-7-14(11)16(15)19-18-12-4-1-10(2-5-12)17(21)22;/h2*1-9,20H,(H,21,22)(H,23,24,25);/q;;+2/p-2. The van der Waals surface area contributed by atoms with Gasteiger partial charge in [-0.2, -0.15) is 32.2 Å². The number of aromatic hydroxyl groups is 1. The summed E-state index contributed by atoms with van der Waals surface area (Å²) in [5.41, 5.74) is 0.896. The van der Waals surface area contributed by atoms with E-state index in [9.17, 15) is 41.7 Å². The molecule has 6 rings (SSSR count). The first-order chi connectivity index (χ1) is 24.5. The Hall–Kier alpha value is -5.12. The molecule has 0 amide bonds. The molecule has 0 unspecified atom stereocenters. The van der Waals surface area contributed by atoms with E-state index in [1.165, 1.54) is 103 Å². The van der Waals surface area contributed by atoms with Crippen LogP contribution in [0.15, 0.2) is 139 Å². The Labute approximate surface area is 337 Å². The molecule has 6 aromatic rings. The van der Waals surface area contributed by atoms with Crippen molar-refractivity contribution in [2.45, 2.75) is 9.79 Å². The van der Waals surface area contributed by atoms with Crippen molar-refractivity contribution in [2.24, 2.45) is 20.5 Å². The molecule has 0 saturated heterocycles. The first-order valence-corrected chi connectivity index (χ1v) is 17.3. The van der Waals surface area contributed by atoms with Gasteiger partial charge in [0, 0.05) is 10.8 Å². The van der Waals surface area contributed by atoms with Crippen LogP contribution in [-0.2, 0) is 20.2 Å². The summed E-state index contributed by atoms with van der Waals surface area (Å²) in [4.78, 5) is 21.0. The van der Waals surface area contributed by atoms with Crippen LogP contribution in [0.25, 0.3) is 21.5 Å². The number of phenolic OH excluding ortho intramolecular Hbond substituents is 1. The van der Waals surface area contributed by atoms with Crippen LogP contribution in [0, 0.1) is 0 Å². The molecule has 0 aliphatic rings. The van der Waals surface area contributed by atoms with Gasteiger partial charge in [0.25, 0.3) is 20.2 Å². The van der Waals surface area contributed by atoms with Crippen LogP contribution in [-0.4, -0.2) is 93.6 Å². The Balaban J connectivity index is 0.000000232. The van der Waals surface area contributed by atoms with Crippen molar-refractivity contribution < 1.29 is 56.0 Å². The Kier molecular flexibility index (Phi) is 12.8.